The summed E-state index contributed by atoms with van der Waals surface area (Å²) in [5.41, 5.74) is 6.21. The molecule has 184 valence electrons. The van der Waals surface area contributed by atoms with Gasteiger partial charge in [-0.3, -0.25) is 9.56 Å². The van der Waals surface area contributed by atoms with Crippen molar-refractivity contribution in [2.24, 2.45) is 12.0 Å². The van der Waals surface area contributed by atoms with Crippen LogP contribution in [0.3, 0.4) is 0 Å². The second kappa shape index (κ2) is 9.97. The molecule has 0 saturated heterocycles. The topological polar surface area (TPSA) is 71.3 Å². The van der Waals surface area contributed by atoms with Gasteiger partial charge in [0.15, 0.2) is 5.58 Å². The van der Waals surface area contributed by atoms with Crippen LogP contribution in [0.1, 0.15) is 16.7 Å². The molecule has 0 N–H and O–H groups in total. The molecule has 1 atom stereocenters. The predicted molar refractivity (Wildman–Crippen MR) is 154 cm³/mol. The normalized spacial score (nSPS) is 11.9. The van der Waals surface area contributed by atoms with Gasteiger partial charge in [0.1, 0.15) is 6.04 Å². The van der Waals surface area contributed by atoms with E-state index in [-0.39, 0.29) is 5.76 Å². The van der Waals surface area contributed by atoms with Crippen molar-refractivity contribution in [1.29, 1.82) is 5.26 Å². The van der Waals surface area contributed by atoms with Crippen molar-refractivity contribution in [3.05, 3.63) is 130 Å². The molecule has 0 spiro atoms. The highest BCUT2D eigenvalue weighted by Crippen LogP contribution is 2.35. The summed E-state index contributed by atoms with van der Waals surface area (Å²) in [6, 6.07) is 36.2. The van der Waals surface area contributed by atoms with E-state index in [2.05, 4.69) is 30.3 Å². The van der Waals surface area contributed by atoms with E-state index < -0.39 is 6.04 Å². The third-order valence-electron chi connectivity index (χ3n) is 6.61. The van der Waals surface area contributed by atoms with Gasteiger partial charge in [0, 0.05) is 34.2 Å². The zero-order chi connectivity index (χ0) is 26.1. The van der Waals surface area contributed by atoms with Crippen LogP contribution in [0.4, 0.5) is 0 Å². The largest absolute Gasteiger partial charge is 0.419 e. The van der Waals surface area contributed by atoms with Crippen molar-refractivity contribution in [2.45, 2.75) is 12.5 Å². The minimum absolute atomic E-state index is 0.365. The third-order valence-corrected chi connectivity index (χ3v) is 7.78. The lowest BCUT2D eigenvalue weighted by atomic mass is 10.0. The zero-order valence-electron chi connectivity index (χ0n) is 20.7. The fourth-order valence-electron chi connectivity index (χ4n) is 4.66. The van der Waals surface area contributed by atoms with Crippen LogP contribution in [-0.2, 0) is 13.5 Å². The molecule has 1 unspecified atom stereocenters. The molecule has 0 aliphatic rings. The molecule has 0 aliphatic carbocycles. The molecule has 0 amide bonds. The van der Waals surface area contributed by atoms with E-state index in [1.807, 2.05) is 78.9 Å². The van der Waals surface area contributed by atoms with Crippen molar-refractivity contribution in [2.75, 3.05) is 0 Å². The molecular weight excluding hydrogens is 490 g/mol. The van der Waals surface area contributed by atoms with E-state index in [0.29, 0.717) is 12.0 Å². The Hall–Kier alpha value is -4.73. The maximum absolute atomic E-state index is 11.9. The molecule has 0 bridgehead atoms. The summed E-state index contributed by atoms with van der Waals surface area (Å²) in [6.07, 6.45) is 0.516. The maximum atomic E-state index is 11.9. The fourth-order valence-corrected chi connectivity index (χ4v) is 5.70. The first-order chi connectivity index (χ1) is 18.6. The number of nitrogens with zero attached hydrogens (tertiary/aromatic N) is 3. The lowest BCUT2D eigenvalue weighted by Gasteiger charge is -2.11. The summed E-state index contributed by atoms with van der Waals surface area (Å²) in [5.74, 6) is -0.365. The number of oxazole rings is 1. The van der Waals surface area contributed by atoms with Gasteiger partial charge >= 0.3 is 5.76 Å². The van der Waals surface area contributed by atoms with Crippen molar-refractivity contribution in [3.8, 4) is 16.5 Å². The second-order valence-electron chi connectivity index (χ2n) is 9.15. The highest BCUT2D eigenvalue weighted by atomic mass is 32.1. The SMILES string of the molecule is Cn1c(=O)oc2cc(-c3cc4cc(CC(C#N)N=C(c5ccccc5)c5ccccc5)ccc4s3)ccc21. The molecular formula is C32H23N3O2S. The fraction of sp³-hybridized carbons (Fsp3) is 0.0938. The Morgan fingerprint density at radius 1 is 0.947 bits per heavy atom. The van der Waals surface area contributed by atoms with Crippen LogP contribution >= 0.6 is 11.3 Å². The molecule has 6 heteroatoms. The van der Waals surface area contributed by atoms with Gasteiger partial charge in [-0.15, -0.1) is 11.3 Å². The predicted octanol–water partition coefficient (Wildman–Crippen LogP) is 6.99. The van der Waals surface area contributed by atoms with Crippen LogP contribution in [0.2, 0.25) is 0 Å². The molecule has 6 aromatic rings. The molecule has 6 rings (SSSR count). The minimum Gasteiger partial charge on any atom is -0.408 e. The number of aliphatic imine (C=N–C) groups is 1. The van der Waals surface area contributed by atoms with Gasteiger partial charge in [0.05, 0.1) is 17.3 Å². The summed E-state index contributed by atoms with van der Waals surface area (Å²) in [7, 11) is 1.70. The van der Waals surface area contributed by atoms with Gasteiger partial charge in [-0.05, 0) is 40.8 Å². The van der Waals surface area contributed by atoms with Crippen LogP contribution in [0.25, 0.3) is 31.6 Å². The van der Waals surface area contributed by atoms with E-state index in [4.69, 9.17) is 9.41 Å². The summed E-state index contributed by atoms with van der Waals surface area (Å²) < 4.78 is 8.04. The molecule has 5 nitrogen and oxygen atoms in total. The summed E-state index contributed by atoms with van der Waals surface area (Å²) >= 11 is 1.69. The standard InChI is InChI=1S/C32H23N3O2S/c1-35-27-14-13-24(18-28(27)37-32(35)36)30-19-25-16-21(12-15-29(25)38-30)17-26(20-33)34-31(22-8-4-2-5-9-22)23-10-6-3-7-11-23/h2-16,18-19,26H,17H2,1H3. The molecule has 2 aromatic heterocycles. The van der Waals surface area contributed by atoms with Crippen LogP contribution in [0.5, 0.6) is 0 Å². The monoisotopic (exact) mass is 513 g/mol. The molecule has 38 heavy (non-hydrogen) atoms. The smallest absolute Gasteiger partial charge is 0.408 e. The lowest BCUT2D eigenvalue weighted by Crippen LogP contribution is -2.12. The Morgan fingerprint density at radius 2 is 1.66 bits per heavy atom. The molecule has 0 radical (unpaired) electrons. The highest BCUT2D eigenvalue weighted by molar-refractivity contribution is 7.22. The van der Waals surface area contributed by atoms with Crippen LogP contribution in [0.15, 0.2) is 117 Å². The van der Waals surface area contributed by atoms with Crippen molar-refractivity contribution < 1.29 is 4.42 Å². The van der Waals surface area contributed by atoms with E-state index in [9.17, 15) is 10.1 Å². The lowest BCUT2D eigenvalue weighted by molar-refractivity contribution is 0.528. The Kier molecular flexibility index (Phi) is 6.20. The number of nitriles is 1. The van der Waals surface area contributed by atoms with E-state index in [1.54, 1.807) is 18.4 Å². The number of fused-ring (bicyclic) bond motifs is 2. The van der Waals surface area contributed by atoms with Gasteiger partial charge in [-0.1, -0.05) is 78.9 Å². The number of hydrogen-bond acceptors (Lipinski definition) is 5. The van der Waals surface area contributed by atoms with Gasteiger partial charge in [-0.2, -0.15) is 5.26 Å². The molecule has 0 fully saturated rings. The van der Waals surface area contributed by atoms with E-state index >= 15 is 0 Å². The molecule has 0 aliphatic heterocycles. The van der Waals surface area contributed by atoms with Gasteiger partial charge < -0.3 is 4.42 Å². The van der Waals surface area contributed by atoms with Gasteiger partial charge in [0.2, 0.25) is 0 Å². The second-order valence-corrected chi connectivity index (χ2v) is 10.2. The van der Waals surface area contributed by atoms with Crippen molar-refractivity contribution in [1.82, 2.24) is 4.57 Å². The first-order valence-electron chi connectivity index (χ1n) is 12.3. The number of aryl methyl sites for hydroxylation is 1. The van der Waals surface area contributed by atoms with Crippen LogP contribution < -0.4 is 5.76 Å². The van der Waals surface area contributed by atoms with Crippen LogP contribution in [0, 0.1) is 11.3 Å². The Balaban J connectivity index is 1.31. The van der Waals surface area contributed by atoms with Gasteiger partial charge in [0.25, 0.3) is 0 Å². The Labute approximate surface area is 223 Å². The Bertz CT molecular complexity index is 1850. The van der Waals surface area contributed by atoms with Crippen LogP contribution in [-0.4, -0.2) is 16.3 Å². The molecule has 0 saturated carbocycles. The van der Waals surface area contributed by atoms with Crippen molar-refractivity contribution in [3.63, 3.8) is 0 Å². The van der Waals surface area contributed by atoms with E-state index in [1.165, 1.54) is 4.57 Å². The zero-order valence-corrected chi connectivity index (χ0v) is 21.5. The molecule has 4 aromatic carbocycles. The number of thiophene rings is 1. The summed E-state index contributed by atoms with van der Waals surface area (Å²) in [4.78, 5) is 17.9. The number of rotatable bonds is 6. The summed E-state index contributed by atoms with van der Waals surface area (Å²) in [5, 5.41) is 11.1. The first kappa shape index (κ1) is 23.7. The maximum Gasteiger partial charge on any atom is 0.419 e. The molecule has 2 heterocycles. The summed E-state index contributed by atoms with van der Waals surface area (Å²) in [6.45, 7) is 0. The van der Waals surface area contributed by atoms with Gasteiger partial charge in [-0.25, -0.2) is 4.79 Å². The third kappa shape index (κ3) is 4.56. The average Bonchev–Trinajstić information content (AvgIpc) is 3.51. The minimum atomic E-state index is -0.524. The highest BCUT2D eigenvalue weighted by Gasteiger charge is 2.14. The van der Waals surface area contributed by atoms with E-state index in [0.717, 1.165) is 48.4 Å². The number of aromatic nitrogens is 1. The average molecular weight is 514 g/mol. The quantitative estimate of drug-likeness (QED) is 0.226. The number of hydrogen-bond donors (Lipinski definition) is 0. The van der Waals surface area contributed by atoms with Crippen molar-refractivity contribution >= 4 is 38.2 Å². The first-order valence-corrected chi connectivity index (χ1v) is 13.1. The Morgan fingerprint density at radius 3 is 2.34 bits per heavy atom. The number of benzene rings is 4.